The third-order valence-corrected chi connectivity index (χ3v) is 6.04. The molecule has 1 fully saturated rings. The Balaban J connectivity index is 1.56. The fourth-order valence-electron chi connectivity index (χ4n) is 4.29. The summed E-state index contributed by atoms with van der Waals surface area (Å²) in [5.41, 5.74) is 3.25. The summed E-state index contributed by atoms with van der Waals surface area (Å²) in [6.07, 6.45) is 4.36. The summed E-state index contributed by atoms with van der Waals surface area (Å²) in [5, 5.41) is 24.1. The van der Waals surface area contributed by atoms with E-state index in [2.05, 4.69) is 27.6 Å². The van der Waals surface area contributed by atoms with E-state index in [0.29, 0.717) is 55.1 Å². The number of rotatable bonds is 8. The highest BCUT2D eigenvalue weighted by molar-refractivity contribution is 5.92. The molecule has 0 unspecified atom stereocenters. The lowest BCUT2D eigenvalue weighted by molar-refractivity contribution is -0.127. The van der Waals surface area contributed by atoms with Crippen LogP contribution in [0.2, 0.25) is 0 Å². The van der Waals surface area contributed by atoms with Crippen LogP contribution in [-0.4, -0.2) is 94.9 Å². The van der Waals surface area contributed by atoms with Crippen molar-refractivity contribution < 1.29 is 14.6 Å². The summed E-state index contributed by atoms with van der Waals surface area (Å²) in [7, 11) is 3.78. The Morgan fingerprint density at radius 1 is 1.28 bits per heavy atom. The number of carbonyl (C=O) groups excluding carboxylic acids is 1. The first-order valence-electron chi connectivity index (χ1n) is 11.8. The third-order valence-electron chi connectivity index (χ3n) is 6.04. The number of nitriles is 1. The van der Waals surface area contributed by atoms with Crippen LogP contribution in [0.5, 0.6) is 5.75 Å². The molecule has 4 heterocycles. The maximum atomic E-state index is 12.2. The topological polar surface area (TPSA) is 110 Å². The Labute approximate surface area is 210 Å². The van der Waals surface area contributed by atoms with Gasteiger partial charge in [0, 0.05) is 55.6 Å². The maximum absolute atomic E-state index is 12.2. The summed E-state index contributed by atoms with van der Waals surface area (Å²) < 4.78 is 7.48. The standard InChI is InChI=1S/C26H31N7O3/c1-18(2)26(35)32-9-7-31(8-10-32)24-6-5-19(13-28-24)23-11-22(36-17-21(34)15-30(3)4)16-33-25(23)20(12-27)14-29-33/h5-6,11,13-14,16,21,34H,1,7-10,15,17H2,2-4H3/t21-/m0/s1. The molecule has 0 aliphatic carbocycles. The van der Waals surface area contributed by atoms with Crippen molar-refractivity contribution in [1.29, 1.82) is 5.26 Å². The average Bonchev–Trinajstić information content (AvgIpc) is 3.29. The molecule has 0 spiro atoms. The van der Waals surface area contributed by atoms with Crippen LogP contribution in [0.1, 0.15) is 12.5 Å². The van der Waals surface area contributed by atoms with Gasteiger partial charge < -0.3 is 24.5 Å². The summed E-state index contributed by atoms with van der Waals surface area (Å²) in [6, 6.07) is 7.95. The average molecular weight is 490 g/mol. The molecule has 4 rings (SSSR count). The molecule has 1 saturated heterocycles. The van der Waals surface area contributed by atoms with E-state index in [-0.39, 0.29) is 12.5 Å². The number of fused-ring (bicyclic) bond motifs is 1. The molecule has 0 aromatic carbocycles. The van der Waals surface area contributed by atoms with Crippen LogP contribution in [0.4, 0.5) is 5.82 Å². The van der Waals surface area contributed by atoms with Crippen LogP contribution in [0, 0.1) is 11.3 Å². The molecule has 1 aliphatic rings. The number of hydrogen-bond acceptors (Lipinski definition) is 8. The van der Waals surface area contributed by atoms with Gasteiger partial charge in [-0.2, -0.15) is 10.4 Å². The number of aliphatic hydroxyl groups is 1. The van der Waals surface area contributed by atoms with Gasteiger partial charge in [0.1, 0.15) is 30.3 Å². The van der Waals surface area contributed by atoms with Crippen molar-refractivity contribution in [3.63, 3.8) is 0 Å². The van der Waals surface area contributed by atoms with Gasteiger partial charge in [0.05, 0.1) is 23.5 Å². The van der Waals surface area contributed by atoms with Crippen LogP contribution in [0.25, 0.3) is 16.6 Å². The molecule has 3 aromatic rings. The molecule has 0 bridgehead atoms. The zero-order valence-corrected chi connectivity index (χ0v) is 20.9. The number of ether oxygens (including phenoxy) is 1. The number of pyridine rings is 2. The second-order valence-electron chi connectivity index (χ2n) is 9.24. The van der Waals surface area contributed by atoms with Gasteiger partial charge in [0.15, 0.2) is 0 Å². The first-order chi connectivity index (χ1) is 17.3. The molecular formula is C26H31N7O3. The summed E-state index contributed by atoms with van der Waals surface area (Å²) in [5.74, 6) is 1.35. The molecule has 0 saturated carbocycles. The predicted octanol–water partition coefficient (Wildman–Crippen LogP) is 1.79. The molecule has 36 heavy (non-hydrogen) atoms. The minimum atomic E-state index is -0.640. The van der Waals surface area contributed by atoms with Crippen LogP contribution in [0.3, 0.4) is 0 Å². The van der Waals surface area contributed by atoms with Gasteiger partial charge in [-0.25, -0.2) is 9.50 Å². The van der Waals surface area contributed by atoms with E-state index in [1.54, 1.807) is 23.8 Å². The second-order valence-corrected chi connectivity index (χ2v) is 9.24. The zero-order chi connectivity index (χ0) is 25.8. The lowest BCUT2D eigenvalue weighted by Gasteiger charge is -2.35. The highest BCUT2D eigenvalue weighted by Crippen LogP contribution is 2.31. The van der Waals surface area contributed by atoms with E-state index in [9.17, 15) is 15.2 Å². The van der Waals surface area contributed by atoms with E-state index in [1.807, 2.05) is 42.1 Å². The molecule has 1 atom stereocenters. The van der Waals surface area contributed by atoms with Gasteiger partial charge >= 0.3 is 0 Å². The molecule has 188 valence electrons. The lowest BCUT2D eigenvalue weighted by Crippen LogP contribution is -2.49. The first kappa shape index (κ1) is 25.2. The van der Waals surface area contributed by atoms with E-state index in [4.69, 9.17) is 4.74 Å². The Kier molecular flexibility index (Phi) is 7.52. The molecule has 1 N–H and O–H groups in total. The number of amides is 1. The number of anilines is 1. The van der Waals surface area contributed by atoms with Crippen molar-refractivity contribution in [1.82, 2.24) is 24.4 Å². The van der Waals surface area contributed by atoms with Crippen LogP contribution in [-0.2, 0) is 4.79 Å². The van der Waals surface area contributed by atoms with Gasteiger partial charge in [0.2, 0.25) is 5.91 Å². The monoisotopic (exact) mass is 489 g/mol. The van der Waals surface area contributed by atoms with E-state index >= 15 is 0 Å². The molecule has 1 aliphatic heterocycles. The van der Waals surface area contributed by atoms with Gasteiger partial charge in [-0.05, 0) is 39.2 Å². The van der Waals surface area contributed by atoms with Gasteiger partial charge in [-0.3, -0.25) is 4.79 Å². The van der Waals surface area contributed by atoms with Crippen LogP contribution < -0.4 is 9.64 Å². The van der Waals surface area contributed by atoms with Crippen molar-refractivity contribution in [2.45, 2.75) is 13.0 Å². The highest BCUT2D eigenvalue weighted by atomic mass is 16.5. The Morgan fingerprint density at radius 3 is 2.64 bits per heavy atom. The molecule has 0 radical (unpaired) electrons. The molecule has 1 amide bonds. The Morgan fingerprint density at radius 2 is 2.03 bits per heavy atom. The number of aliphatic hydroxyl groups excluding tert-OH is 1. The van der Waals surface area contributed by atoms with Gasteiger partial charge in [-0.15, -0.1) is 0 Å². The van der Waals surface area contributed by atoms with E-state index in [1.165, 1.54) is 6.20 Å². The summed E-state index contributed by atoms with van der Waals surface area (Å²) in [6.45, 7) is 8.72. The minimum Gasteiger partial charge on any atom is -0.489 e. The van der Waals surface area contributed by atoms with Crippen LogP contribution >= 0.6 is 0 Å². The number of hydrogen-bond donors (Lipinski definition) is 1. The van der Waals surface area contributed by atoms with Crippen molar-refractivity contribution in [3.05, 3.63) is 54.5 Å². The molecule has 3 aromatic heterocycles. The quantitative estimate of drug-likeness (QED) is 0.477. The number of aromatic nitrogens is 3. The van der Waals surface area contributed by atoms with Crippen LogP contribution in [0.15, 0.2) is 48.9 Å². The van der Waals surface area contributed by atoms with Crippen molar-refractivity contribution in [2.24, 2.45) is 0 Å². The Hall–Kier alpha value is -3.94. The van der Waals surface area contributed by atoms with Crippen molar-refractivity contribution >= 4 is 17.2 Å². The number of likely N-dealkylation sites (N-methyl/N-ethyl adjacent to an activating group) is 1. The highest BCUT2D eigenvalue weighted by Gasteiger charge is 2.22. The summed E-state index contributed by atoms with van der Waals surface area (Å²) in [4.78, 5) is 22.7. The molecular weight excluding hydrogens is 458 g/mol. The fraction of sp³-hybridized carbons (Fsp3) is 0.385. The predicted molar refractivity (Wildman–Crippen MR) is 137 cm³/mol. The van der Waals surface area contributed by atoms with Crippen molar-refractivity contribution in [3.8, 4) is 22.9 Å². The largest absolute Gasteiger partial charge is 0.489 e. The number of carbonyl (C=O) groups is 1. The molecule has 10 nitrogen and oxygen atoms in total. The normalized spacial score (nSPS) is 14.7. The van der Waals surface area contributed by atoms with Gasteiger partial charge in [0.25, 0.3) is 0 Å². The SMILES string of the molecule is C=C(C)C(=O)N1CCN(c2ccc(-c3cc(OC[C@@H](O)CN(C)C)cn4ncc(C#N)c34)cn2)CC1. The number of nitrogens with zero attached hydrogens (tertiary/aromatic N) is 7. The zero-order valence-electron chi connectivity index (χ0n) is 20.9. The fourth-order valence-corrected chi connectivity index (χ4v) is 4.29. The molecule has 10 heteroatoms. The maximum Gasteiger partial charge on any atom is 0.249 e. The smallest absolute Gasteiger partial charge is 0.249 e. The second kappa shape index (κ2) is 10.8. The van der Waals surface area contributed by atoms with Crippen molar-refractivity contribution in [2.75, 3.05) is 58.3 Å². The lowest BCUT2D eigenvalue weighted by atomic mass is 10.1. The number of piperazine rings is 1. The van der Waals surface area contributed by atoms with E-state index < -0.39 is 6.10 Å². The Bertz CT molecular complexity index is 1290. The first-order valence-corrected chi connectivity index (χ1v) is 11.8. The summed E-state index contributed by atoms with van der Waals surface area (Å²) >= 11 is 0. The minimum absolute atomic E-state index is 0.00703. The van der Waals surface area contributed by atoms with E-state index in [0.717, 1.165) is 16.9 Å². The van der Waals surface area contributed by atoms with Gasteiger partial charge in [-0.1, -0.05) is 6.58 Å². The third kappa shape index (κ3) is 5.48.